The van der Waals surface area contributed by atoms with E-state index in [0.29, 0.717) is 10.9 Å². The molecular weight excluding hydrogens is 320 g/mol. The minimum atomic E-state index is -0.0282. The second-order valence-corrected chi connectivity index (χ2v) is 7.47. The number of nitrogens with zero attached hydrogens (tertiary/aromatic N) is 2. The number of para-hydroxylation sites is 1. The highest BCUT2D eigenvalue weighted by Gasteiger charge is 2.17. The van der Waals surface area contributed by atoms with E-state index in [1.54, 1.807) is 0 Å². The maximum Gasteiger partial charge on any atom is 0.234 e. The summed E-state index contributed by atoms with van der Waals surface area (Å²) in [5.74, 6) is 1.97. The summed E-state index contributed by atoms with van der Waals surface area (Å²) in [6, 6.07) is 6.00. The van der Waals surface area contributed by atoms with E-state index in [1.807, 2.05) is 32.0 Å². The van der Waals surface area contributed by atoms with E-state index in [1.165, 1.54) is 37.4 Å². The fourth-order valence-electron chi connectivity index (χ4n) is 3.24. The van der Waals surface area contributed by atoms with Gasteiger partial charge < -0.3 is 5.32 Å². The van der Waals surface area contributed by atoms with E-state index < -0.39 is 0 Å². The van der Waals surface area contributed by atoms with Crippen molar-refractivity contribution < 1.29 is 4.79 Å². The lowest BCUT2D eigenvalue weighted by molar-refractivity contribution is -0.113. The van der Waals surface area contributed by atoms with Gasteiger partial charge in [0, 0.05) is 12.1 Å². The Hall–Kier alpha value is -1.82. The first kappa shape index (κ1) is 17.0. The van der Waals surface area contributed by atoms with Gasteiger partial charge in [0.2, 0.25) is 11.1 Å². The Kier molecular flexibility index (Phi) is 5.56. The van der Waals surface area contributed by atoms with Crippen molar-refractivity contribution in [1.82, 2.24) is 15.2 Å². The van der Waals surface area contributed by atoms with E-state index in [4.69, 9.17) is 0 Å². The first-order valence-electron chi connectivity index (χ1n) is 8.52. The third-order valence-corrected chi connectivity index (χ3v) is 5.39. The highest BCUT2D eigenvalue weighted by atomic mass is 32.2. The average Bonchev–Trinajstić information content (AvgIpc) is 3.21. The van der Waals surface area contributed by atoms with Crippen molar-refractivity contribution in [2.24, 2.45) is 5.92 Å². The number of anilines is 1. The summed E-state index contributed by atoms with van der Waals surface area (Å²) in [6.07, 6.45) is 6.22. The number of nitrogens with one attached hydrogen (secondary N) is 2. The highest BCUT2D eigenvalue weighted by Crippen LogP contribution is 2.27. The lowest BCUT2D eigenvalue weighted by Crippen LogP contribution is -2.15. The molecule has 5 nitrogen and oxygen atoms in total. The molecule has 0 aliphatic heterocycles. The molecule has 2 N–H and O–H groups in total. The van der Waals surface area contributed by atoms with Crippen LogP contribution in [0.1, 0.15) is 42.6 Å². The fourth-order valence-corrected chi connectivity index (χ4v) is 3.86. The first-order valence-corrected chi connectivity index (χ1v) is 9.50. The van der Waals surface area contributed by atoms with Crippen molar-refractivity contribution in [1.29, 1.82) is 0 Å². The van der Waals surface area contributed by atoms with Gasteiger partial charge in [0.25, 0.3) is 0 Å². The predicted octanol–water partition coefficient (Wildman–Crippen LogP) is 3.89. The monoisotopic (exact) mass is 344 g/mol. The van der Waals surface area contributed by atoms with Crippen LogP contribution in [-0.4, -0.2) is 26.8 Å². The standard InChI is InChI=1S/C18H24N4OS/c1-12-6-5-7-13(2)17(12)20-16(23)11-24-18-19-15(21-22-18)10-14-8-3-4-9-14/h5-7,14H,3-4,8-11H2,1-2H3,(H,20,23)(H,19,21,22). The summed E-state index contributed by atoms with van der Waals surface area (Å²) < 4.78 is 0. The number of aromatic amines is 1. The number of thioether (sulfide) groups is 1. The number of rotatable bonds is 6. The van der Waals surface area contributed by atoms with E-state index in [0.717, 1.165) is 35.0 Å². The van der Waals surface area contributed by atoms with Crippen LogP contribution in [0.25, 0.3) is 0 Å². The summed E-state index contributed by atoms with van der Waals surface area (Å²) in [5.41, 5.74) is 3.05. The molecule has 1 amide bonds. The highest BCUT2D eigenvalue weighted by molar-refractivity contribution is 7.99. The number of aryl methyl sites for hydroxylation is 2. The molecular formula is C18H24N4OS. The van der Waals surface area contributed by atoms with Crippen LogP contribution in [0, 0.1) is 19.8 Å². The van der Waals surface area contributed by atoms with Crippen molar-refractivity contribution in [2.75, 3.05) is 11.1 Å². The molecule has 1 heterocycles. The van der Waals surface area contributed by atoms with Gasteiger partial charge in [-0.05, 0) is 30.9 Å². The van der Waals surface area contributed by atoms with Gasteiger partial charge in [0.1, 0.15) is 5.82 Å². The Morgan fingerprint density at radius 3 is 2.71 bits per heavy atom. The van der Waals surface area contributed by atoms with Crippen LogP contribution in [0.15, 0.2) is 23.4 Å². The van der Waals surface area contributed by atoms with E-state index >= 15 is 0 Å². The molecule has 0 bridgehead atoms. The number of amides is 1. The molecule has 0 unspecified atom stereocenters. The molecule has 1 saturated carbocycles. The molecule has 1 aliphatic carbocycles. The summed E-state index contributed by atoms with van der Waals surface area (Å²) >= 11 is 1.37. The van der Waals surface area contributed by atoms with Gasteiger partial charge in [0.05, 0.1) is 5.75 Å². The molecule has 2 aromatic rings. The van der Waals surface area contributed by atoms with Crippen LogP contribution in [0.3, 0.4) is 0 Å². The van der Waals surface area contributed by atoms with Crippen molar-refractivity contribution in [3.05, 3.63) is 35.2 Å². The first-order chi connectivity index (χ1) is 11.6. The Labute approximate surface area is 147 Å². The van der Waals surface area contributed by atoms with Crippen molar-refractivity contribution in [2.45, 2.75) is 51.1 Å². The van der Waals surface area contributed by atoms with Crippen molar-refractivity contribution in [3.8, 4) is 0 Å². The quantitative estimate of drug-likeness (QED) is 0.780. The molecule has 1 fully saturated rings. The van der Waals surface area contributed by atoms with Gasteiger partial charge in [-0.1, -0.05) is 55.6 Å². The van der Waals surface area contributed by atoms with E-state index in [9.17, 15) is 4.79 Å². The minimum Gasteiger partial charge on any atom is -0.325 e. The topological polar surface area (TPSA) is 70.7 Å². The number of carbonyl (C=O) groups is 1. The number of benzene rings is 1. The van der Waals surface area contributed by atoms with Crippen LogP contribution < -0.4 is 5.32 Å². The second-order valence-electron chi connectivity index (χ2n) is 6.52. The Balaban J connectivity index is 1.50. The van der Waals surface area contributed by atoms with Gasteiger partial charge in [-0.15, -0.1) is 5.10 Å². The Morgan fingerprint density at radius 2 is 2.00 bits per heavy atom. The smallest absolute Gasteiger partial charge is 0.234 e. The van der Waals surface area contributed by atoms with Crippen molar-refractivity contribution in [3.63, 3.8) is 0 Å². The number of aromatic nitrogens is 3. The Bertz CT molecular complexity index is 687. The van der Waals surface area contributed by atoms with E-state index in [2.05, 4.69) is 20.5 Å². The third-order valence-electron chi connectivity index (χ3n) is 4.55. The molecule has 0 radical (unpaired) electrons. The van der Waals surface area contributed by atoms with Crippen LogP contribution >= 0.6 is 11.8 Å². The Morgan fingerprint density at radius 1 is 1.29 bits per heavy atom. The van der Waals surface area contributed by atoms with Crippen molar-refractivity contribution >= 4 is 23.4 Å². The second kappa shape index (κ2) is 7.83. The summed E-state index contributed by atoms with van der Waals surface area (Å²) in [5, 5.41) is 10.9. The summed E-state index contributed by atoms with van der Waals surface area (Å²) in [7, 11) is 0. The zero-order chi connectivity index (χ0) is 16.9. The van der Waals surface area contributed by atoms with Crippen LogP contribution in [-0.2, 0) is 11.2 Å². The molecule has 24 heavy (non-hydrogen) atoms. The number of hydrogen-bond donors (Lipinski definition) is 2. The number of carbonyl (C=O) groups excluding carboxylic acids is 1. The van der Waals surface area contributed by atoms with Gasteiger partial charge in [-0.2, -0.15) is 0 Å². The molecule has 0 saturated heterocycles. The zero-order valence-electron chi connectivity index (χ0n) is 14.3. The maximum absolute atomic E-state index is 12.2. The largest absolute Gasteiger partial charge is 0.325 e. The van der Waals surface area contributed by atoms with Crippen LogP contribution in [0.2, 0.25) is 0 Å². The molecule has 3 rings (SSSR count). The van der Waals surface area contributed by atoms with Gasteiger partial charge >= 0.3 is 0 Å². The molecule has 6 heteroatoms. The minimum absolute atomic E-state index is 0.0282. The van der Waals surface area contributed by atoms with Gasteiger partial charge in [-0.3, -0.25) is 9.89 Å². The average molecular weight is 344 g/mol. The lowest BCUT2D eigenvalue weighted by atomic mass is 10.0. The summed E-state index contributed by atoms with van der Waals surface area (Å²) in [6.45, 7) is 4.00. The number of H-pyrrole nitrogens is 1. The molecule has 128 valence electrons. The van der Waals surface area contributed by atoms with Crippen LogP contribution in [0.5, 0.6) is 0 Å². The maximum atomic E-state index is 12.2. The number of hydrogen-bond acceptors (Lipinski definition) is 4. The van der Waals surface area contributed by atoms with E-state index in [-0.39, 0.29) is 5.91 Å². The molecule has 1 aromatic heterocycles. The third kappa shape index (κ3) is 4.38. The molecule has 1 aromatic carbocycles. The normalized spacial score (nSPS) is 14.9. The van der Waals surface area contributed by atoms with Crippen LogP contribution in [0.4, 0.5) is 5.69 Å². The van der Waals surface area contributed by atoms with Gasteiger partial charge in [0.15, 0.2) is 0 Å². The summed E-state index contributed by atoms with van der Waals surface area (Å²) in [4.78, 5) is 16.7. The molecule has 0 atom stereocenters. The fraction of sp³-hybridized carbons (Fsp3) is 0.500. The molecule has 1 aliphatic rings. The molecule has 0 spiro atoms. The lowest BCUT2D eigenvalue weighted by Gasteiger charge is -2.10. The zero-order valence-corrected chi connectivity index (χ0v) is 15.1. The van der Waals surface area contributed by atoms with Gasteiger partial charge in [-0.25, -0.2) is 4.98 Å². The predicted molar refractivity (Wildman–Crippen MR) is 97.3 cm³/mol. The SMILES string of the molecule is Cc1cccc(C)c1NC(=O)CSc1n[nH]c(CC2CCCC2)n1.